The van der Waals surface area contributed by atoms with Crippen LogP contribution in [-0.2, 0) is 39.8 Å². The Balaban J connectivity index is 1.49. The number of esters is 1. The number of carbonyl (C=O) groups excluding carboxylic acids is 6. The van der Waals surface area contributed by atoms with Gasteiger partial charge in [0, 0.05) is 54.8 Å². The van der Waals surface area contributed by atoms with E-state index in [1.165, 1.54) is 47.9 Å². The van der Waals surface area contributed by atoms with Gasteiger partial charge in [-0.05, 0) is 35.6 Å². The molecule has 1 amide bonds. The maximum Gasteiger partial charge on any atom is 0.325 e. The lowest BCUT2D eigenvalue weighted by molar-refractivity contribution is -0.247. The molecule has 1 saturated heterocycles. The molecule has 6 atom stereocenters. The molecule has 0 aromatic heterocycles. The highest BCUT2D eigenvalue weighted by Gasteiger charge is 2.50. The second-order valence-electron chi connectivity index (χ2n) is 12.3. The molecule has 0 bridgehead atoms. The molecular weight excluding hydrogens is 775 g/mol. The van der Waals surface area contributed by atoms with Crippen LogP contribution in [0.1, 0.15) is 81.7 Å². The van der Waals surface area contributed by atoms with Gasteiger partial charge in [-0.25, -0.2) is 0 Å². The molecule has 1 fully saturated rings. The number of aliphatic hydroxyl groups excluding tert-OH is 1. The van der Waals surface area contributed by atoms with Crippen molar-refractivity contribution < 1.29 is 68.1 Å². The Morgan fingerprint density at radius 2 is 1.78 bits per heavy atom. The van der Waals surface area contributed by atoms with Crippen LogP contribution in [0.15, 0.2) is 18.2 Å². The van der Waals surface area contributed by atoms with Crippen molar-refractivity contribution in [3.63, 3.8) is 0 Å². The lowest BCUT2D eigenvalue weighted by Gasteiger charge is -2.42. The van der Waals surface area contributed by atoms with Gasteiger partial charge in [-0.15, -0.1) is 0 Å². The van der Waals surface area contributed by atoms with Gasteiger partial charge < -0.3 is 50.4 Å². The Bertz CT molecular complexity index is 1770. The van der Waals surface area contributed by atoms with Gasteiger partial charge in [-0.1, -0.05) is 12.1 Å². The average Bonchev–Trinajstić information content (AvgIpc) is 3.07. The Kier molecular flexibility index (Phi) is 10.9. The van der Waals surface area contributed by atoms with Crippen molar-refractivity contribution in [1.29, 1.82) is 0 Å². The quantitative estimate of drug-likeness (QED) is 0.0664. The summed E-state index contributed by atoms with van der Waals surface area (Å²) in [7, 11) is 1.30. The third-order valence-corrected chi connectivity index (χ3v) is 9.54. The molecule has 0 saturated carbocycles. The number of phenols is 2. The van der Waals surface area contributed by atoms with E-state index in [1.54, 1.807) is 6.92 Å². The van der Waals surface area contributed by atoms with E-state index in [0.29, 0.717) is 0 Å². The Hall–Kier alpha value is -4.01. The van der Waals surface area contributed by atoms with E-state index in [4.69, 9.17) is 24.7 Å². The summed E-state index contributed by atoms with van der Waals surface area (Å²) in [6.45, 7) is -0.0554. The number of halogens is 1. The molecule has 0 spiro atoms. The summed E-state index contributed by atoms with van der Waals surface area (Å²) in [5, 5.41) is 47.6. The van der Waals surface area contributed by atoms with Gasteiger partial charge in [-0.3, -0.25) is 28.8 Å². The van der Waals surface area contributed by atoms with Crippen molar-refractivity contribution in [2.24, 2.45) is 5.73 Å². The molecule has 2 aliphatic carbocycles. The lowest BCUT2D eigenvalue weighted by atomic mass is 9.72. The molecule has 50 heavy (non-hydrogen) atoms. The first-order valence-electron chi connectivity index (χ1n) is 15.6. The van der Waals surface area contributed by atoms with Crippen LogP contribution in [0.3, 0.4) is 0 Å². The van der Waals surface area contributed by atoms with E-state index in [0.717, 1.165) is 0 Å². The summed E-state index contributed by atoms with van der Waals surface area (Å²) in [5.41, 5.74) is 1.84. The van der Waals surface area contributed by atoms with E-state index in [2.05, 4.69) is 5.32 Å². The molecule has 2 aromatic carbocycles. The number of aliphatic hydroxyl groups is 2. The minimum Gasteiger partial charge on any atom is -0.507 e. The first kappa shape index (κ1) is 37.3. The van der Waals surface area contributed by atoms with Crippen molar-refractivity contribution in [2.75, 3.05) is 20.3 Å². The highest BCUT2D eigenvalue weighted by atomic mass is 127. The lowest BCUT2D eigenvalue weighted by Crippen LogP contribution is -2.53. The number of carbonyl (C=O) groups is 6. The molecule has 7 N–H and O–H groups in total. The first-order chi connectivity index (χ1) is 23.6. The predicted octanol–water partition coefficient (Wildman–Crippen LogP) is 0.410. The van der Waals surface area contributed by atoms with Gasteiger partial charge in [-0.2, -0.15) is 0 Å². The number of Topliss-reactive ketones (excluding diaryl/α,β-unsaturated/α-hetero) is 1. The van der Waals surface area contributed by atoms with Crippen LogP contribution in [0.2, 0.25) is 0 Å². The second-order valence-corrected chi connectivity index (χ2v) is 13.5. The van der Waals surface area contributed by atoms with Crippen LogP contribution < -0.4 is 15.8 Å². The Morgan fingerprint density at radius 3 is 2.44 bits per heavy atom. The van der Waals surface area contributed by atoms with E-state index in [1.807, 2.05) is 0 Å². The van der Waals surface area contributed by atoms with Crippen LogP contribution in [0, 0.1) is 0 Å². The minimum absolute atomic E-state index is 0.0406. The van der Waals surface area contributed by atoms with Crippen molar-refractivity contribution in [2.45, 2.75) is 75.3 Å². The first-order valence-corrected chi connectivity index (χ1v) is 16.6. The van der Waals surface area contributed by atoms with E-state index in [-0.39, 0.29) is 51.1 Å². The van der Waals surface area contributed by atoms with Gasteiger partial charge in [0.25, 0.3) is 0 Å². The van der Waals surface area contributed by atoms with E-state index in [9.17, 15) is 49.2 Å². The third kappa shape index (κ3) is 7.10. The maximum absolute atomic E-state index is 13.9. The monoisotopic (exact) mass is 810 g/mol. The summed E-state index contributed by atoms with van der Waals surface area (Å²) in [6, 6.07) is 3.47. The maximum atomic E-state index is 13.9. The number of aromatic hydroxyl groups is 2. The molecule has 3 aliphatic rings. The number of amides is 1. The zero-order valence-corrected chi connectivity index (χ0v) is 29.1. The van der Waals surface area contributed by atoms with Crippen molar-refractivity contribution in [3.05, 3.63) is 51.6 Å². The standard InChI is InChI=1S/C33H35IN2O14/c1-13-28(41)16(35)8-23(49-13)50-18-10-33(46,19(37)12-48-22(40)11-36-21(39)7-6-20(34)38)9-15-25(18)32(45)27-26(30(15)43)29(42)14-4-3-5-17(47-2)24(14)31(27)44/h3-5,13,16,18,23,28,41,43,45-46H,6-12,35H2,1-2H3,(H,36,39)/t13?,16?,18-,23?,28?,33-/m0/s1. The summed E-state index contributed by atoms with van der Waals surface area (Å²) in [4.78, 5) is 76.3. The molecule has 2 aromatic rings. The number of nitrogens with two attached hydrogens (primary N) is 1. The normalized spacial score (nSPS) is 25.5. The second kappa shape index (κ2) is 14.7. The Morgan fingerprint density at radius 1 is 1.08 bits per heavy atom. The van der Waals surface area contributed by atoms with E-state index >= 15 is 0 Å². The number of ether oxygens (including phenoxy) is 4. The molecule has 1 heterocycles. The Labute approximate surface area is 298 Å². The molecule has 16 nitrogen and oxygen atoms in total. The number of rotatable bonds is 11. The number of methoxy groups -OCH3 is 1. The summed E-state index contributed by atoms with van der Waals surface area (Å²) < 4.78 is 21.9. The SMILES string of the molecule is COc1cccc2c1C(=O)c1c(O)c3c(c(O)c1C2=O)C[C@@](O)(C(=O)COC(=O)CNC(=O)CCC(=O)I)C[C@@H]3OC1CC(N)C(O)C(C)O1. The number of benzene rings is 2. The molecular formula is C33H35IN2O14. The zero-order chi connectivity index (χ0) is 36.7. The zero-order valence-electron chi connectivity index (χ0n) is 26.9. The molecule has 17 heteroatoms. The topological polar surface area (TPSA) is 258 Å². The summed E-state index contributed by atoms with van der Waals surface area (Å²) in [6.07, 6.45) is -6.02. The van der Waals surface area contributed by atoms with Gasteiger partial charge in [0.05, 0.1) is 42.1 Å². The largest absolute Gasteiger partial charge is 0.507 e. The van der Waals surface area contributed by atoms with Gasteiger partial charge in [0.15, 0.2) is 22.5 Å². The van der Waals surface area contributed by atoms with Crippen LogP contribution in [-0.4, -0.2) is 104 Å². The minimum atomic E-state index is -2.43. The fourth-order valence-corrected chi connectivity index (χ4v) is 6.68. The fraction of sp³-hybridized carbons (Fsp3) is 0.455. The highest BCUT2D eigenvalue weighted by Crippen LogP contribution is 2.52. The predicted molar refractivity (Wildman–Crippen MR) is 177 cm³/mol. The number of nitrogens with one attached hydrogen (secondary N) is 1. The summed E-state index contributed by atoms with van der Waals surface area (Å²) >= 11 is 1.53. The number of ketones is 3. The van der Waals surface area contributed by atoms with Gasteiger partial charge in [0.2, 0.25) is 17.5 Å². The van der Waals surface area contributed by atoms with Crippen LogP contribution in [0.5, 0.6) is 17.2 Å². The third-order valence-electron chi connectivity index (χ3n) is 9.00. The summed E-state index contributed by atoms with van der Waals surface area (Å²) in [5.74, 6) is -5.79. The van der Waals surface area contributed by atoms with Crippen LogP contribution in [0.25, 0.3) is 0 Å². The smallest absolute Gasteiger partial charge is 0.325 e. The van der Waals surface area contributed by atoms with Crippen molar-refractivity contribution in [1.82, 2.24) is 5.32 Å². The highest BCUT2D eigenvalue weighted by molar-refractivity contribution is 14.1. The van der Waals surface area contributed by atoms with Gasteiger partial charge in [0.1, 0.15) is 29.4 Å². The van der Waals surface area contributed by atoms with Crippen molar-refractivity contribution in [3.8, 4) is 17.2 Å². The molecule has 4 unspecified atom stereocenters. The van der Waals surface area contributed by atoms with Crippen LogP contribution >= 0.6 is 22.6 Å². The molecule has 5 rings (SSSR count). The number of hydrogen-bond donors (Lipinski definition) is 6. The van der Waals surface area contributed by atoms with Crippen LogP contribution in [0.4, 0.5) is 0 Å². The number of hydrogen-bond acceptors (Lipinski definition) is 15. The molecule has 268 valence electrons. The number of phenolic OH excluding ortho intramolecular Hbond substituents is 2. The molecule has 1 aliphatic heterocycles. The van der Waals surface area contributed by atoms with Crippen molar-refractivity contribution >= 4 is 55.6 Å². The average molecular weight is 811 g/mol. The van der Waals surface area contributed by atoms with E-state index < -0.39 is 114 Å². The fourth-order valence-electron chi connectivity index (χ4n) is 6.41. The van der Waals surface area contributed by atoms with Gasteiger partial charge >= 0.3 is 5.97 Å². The molecule has 0 radical (unpaired) electrons. The number of fused-ring (bicyclic) bond motifs is 3.